The summed E-state index contributed by atoms with van der Waals surface area (Å²) < 4.78 is 7.12. The van der Waals surface area contributed by atoms with Crippen molar-refractivity contribution in [2.24, 2.45) is 0 Å². The topological polar surface area (TPSA) is 69.6 Å². The summed E-state index contributed by atoms with van der Waals surface area (Å²) in [4.78, 5) is 13.7. The van der Waals surface area contributed by atoms with Gasteiger partial charge in [-0.25, -0.2) is 9.97 Å². The summed E-state index contributed by atoms with van der Waals surface area (Å²) in [7, 11) is 0. The van der Waals surface area contributed by atoms with E-state index in [0.717, 1.165) is 16.3 Å². The molecule has 21 heavy (non-hydrogen) atoms. The molecular formula is C14H9N5OS. The number of hydrogen-bond donors (Lipinski definition) is 0. The van der Waals surface area contributed by atoms with E-state index in [-0.39, 0.29) is 0 Å². The maximum atomic E-state index is 5.29. The molecule has 0 atom stereocenters. The maximum absolute atomic E-state index is 5.29. The van der Waals surface area contributed by atoms with Crippen LogP contribution in [0.5, 0.6) is 0 Å². The number of aromatic nitrogens is 5. The van der Waals surface area contributed by atoms with E-state index in [0.29, 0.717) is 11.7 Å². The van der Waals surface area contributed by atoms with Crippen molar-refractivity contribution in [2.45, 2.75) is 0 Å². The van der Waals surface area contributed by atoms with Crippen LogP contribution in [0.1, 0.15) is 0 Å². The molecule has 0 saturated carbocycles. The minimum absolute atomic E-state index is 0.461. The Morgan fingerprint density at radius 1 is 1.19 bits per heavy atom. The molecule has 0 aliphatic carbocycles. The van der Waals surface area contributed by atoms with Crippen molar-refractivity contribution in [3.05, 3.63) is 54.6 Å². The summed E-state index contributed by atoms with van der Waals surface area (Å²) in [6.45, 7) is 0. The molecule has 0 fully saturated rings. The van der Waals surface area contributed by atoms with Crippen LogP contribution in [0.15, 0.2) is 59.1 Å². The lowest BCUT2D eigenvalue weighted by molar-refractivity contribution is 0.432. The van der Waals surface area contributed by atoms with Gasteiger partial charge in [0, 0.05) is 18.6 Å². The fraction of sp³-hybridized carbons (Fsp3) is 0. The van der Waals surface area contributed by atoms with Gasteiger partial charge >= 0.3 is 0 Å². The number of imidazole rings is 1. The van der Waals surface area contributed by atoms with Crippen LogP contribution in [-0.4, -0.2) is 24.7 Å². The van der Waals surface area contributed by atoms with E-state index in [1.54, 1.807) is 30.1 Å². The van der Waals surface area contributed by atoms with E-state index in [9.17, 15) is 0 Å². The Balaban J connectivity index is 1.65. The molecule has 0 aliphatic rings. The van der Waals surface area contributed by atoms with Crippen LogP contribution in [0, 0.1) is 0 Å². The Kier molecular flexibility index (Phi) is 2.82. The van der Waals surface area contributed by atoms with Crippen molar-refractivity contribution in [2.75, 3.05) is 0 Å². The van der Waals surface area contributed by atoms with Gasteiger partial charge in [0.05, 0.1) is 10.4 Å². The number of thiophene rings is 1. The van der Waals surface area contributed by atoms with Crippen LogP contribution >= 0.6 is 11.3 Å². The van der Waals surface area contributed by atoms with Crippen LogP contribution in [0.25, 0.3) is 28.0 Å². The first-order valence-corrected chi connectivity index (χ1v) is 7.10. The second-order valence-electron chi connectivity index (χ2n) is 4.28. The molecule has 0 N–H and O–H groups in total. The lowest BCUT2D eigenvalue weighted by atomic mass is 10.3. The zero-order valence-electron chi connectivity index (χ0n) is 10.7. The largest absolute Gasteiger partial charge is 0.334 e. The summed E-state index contributed by atoms with van der Waals surface area (Å²) in [6, 6.07) is 7.69. The lowest BCUT2D eigenvalue weighted by Crippen LogP contribution is -1.93. The monoisotopic (exact) mass is 295 g/mol. The molecule has 4 aromatic rings. The van der Waals surface area contributed by atoms with E-state index < -0.39 is 0 Å². The Labute approximate surface area is 123 Å². The highest BCUT2D eigenvalue weighted by molar-refractivity contribution is 7.13. The quantitative estimate of drug-likeness (QED) is 0.581. The number of nitrogens with zero attached hydrogens (tertiary/aromatic N) is 5. The molecule has 0 radical (unpaired) electrons. The third kappa shape index (κ3) is 2.23. The van der Waals surface area contributed by atoms with Crippen molar-refractivity contribution >= 4 is 11.3 Å². The van der Waals surface area contributed by atoms with Crippen LogP contribution in [0.4, 0.5) is 0 Å². The molecule has 0 saturated heterocycles. The van der Waals surface area contributed by atoms with E-state index >= 15 is 0 Å². The second kappa shape index (κ2) is 4.95. The van der Waals surface area contributed by atoms with E-state index in [2.05, 4.69) is 20.1 Å². The van der Waals surface area contributed by atoms with Crippen LogP contribution in [0.2, 0.25) is 0 Å². The van der Waals surface area contributed by atoms with Gasteiger partial charge in [-0.2, -0.15) is 4.98 Å². The predicted octanol–water partition coefficient (Wildman–Crippen LogP) is 3.05. The SMILES string of the molecule is c1csc(-c2noc(-c3ccc(-n4ccnc4)nc3)n2)c1. The van der Waals surface area contributed by atoms with Gasteiger partial charge in [-0.05, 0) is 23.6 Å². The Hall–Kier alpha value is -2.80. The molecule has 7 heteroatoms. The lowest BCUT2D eigenvalue weighted by Gasteiger charge is -2.00. The normalized spacial score (nSPS) is 10.9. The summed E-state index contributed by atoms with van der Waals surface area (Å²) in [5, 5.41) is 5.97. The van der Waals surface area contributed by atoms with Gasteiger partial charge in [-0.1, -0.05) is 11.2 Å². The van der Waals surface area contributed by atoms with Gasteiger partial charge in [0.25, 0.3) is 5.89 Å². The Morgan fingerprint density at radius 2 is 2.19 bits per heavy atom. The fourth-order valence-electron chi connectivity index (χ4n) is 1.91. The van der Waals surface area contributed by atoms with E-state index in [1.807, 2.05) is 40.4 Å². The average molecular weight is 295 g/mol. The Morgan fingerprint density at radius 3 is 2.90 bits per heavy atom. The molecule has 102 valence electrons. The number of hydrogen-bond acceptors (Lipinski definition) is 6. The molecule has 0 unspecified atom stereocenters. The van der Waals surface area contributed by atoms with Crippen molar-refractivity contribution in [1.82, 2.24) is 24.7 Å². The predicted molar refractivity (Wildman–Crippen MR) is 78.0 cm³/mol. The van der Waals surface area contributed by atoms with E-state index in [4.69, 9.17) is 4.52 Å². The zero-order chi connectivity index (χ0) is 14.1. The fourth-order valence-corrected chi connectivity index (χ4v) is 2.56. The van der Waals surface area contributed by atoms with Crippen molar-refractivity contribution in [3.8, 4) is 28.0 Å². The standard InChI is InChI=1S/C14H9N5OS/c1-2-11(21-7-1)13-17-14(20-18-13)10-3-4-12(16-8-10)19-6-5-15-9-19/h1-9H. The van der Waals surface area contributed by atoms with Gasteiger partial charge < -0.3 is 4.52 Å². The average Bonchev–Trinajstić information content (AvgIpc) is 3.27. The Bertz CT molecular complexity index is 834. The molecule has 0 aromatic carbocycles. The first kappa shape index (κ1) is 12.0. The summed E-state index contributed by atoms with van der Waals surface area (Å²) >= 11 is 1.57. The number of pyridine rings is 1. The molecule has 0 aliphatic heterocycles. The summed E-state index contributed by atoms with van der Waals surface area (Å²) in [5.41, 5.74) is 0.786. The zero-order valence-corrected chi connectivity index (χ0v) is 11.6. The van der Waals surface area contributed by atoms with Crippen molar-refractivity contribution in [3.63, 3.8) is 0 Å². The van der Waals surface area contributed by atoms with Crippen molar-refractivity contribution in [1.29, 1.82) is 0 Å². The molecule has 4 rings (SSSR count). The minimum Gasteiger partial charge on any atom is -0.334 e. The van der Waals surface area contributed by atoms with Crippen LogP contribution < -0.4 is 0 Å². The van der Waals surface area contributed by atoms with Crippen LogP contribution in [0.3, 0.4) is 0 Å². The highest BCUT2D eigenvalue weighted by Gasteiger charge is 2.11. The van der Waals surface area contributed by atoms with E-state index in [1.165, 1.54) is 0 Å². The molecule has 0 amide bonds. The van der Waals surface area contributed by atoms with Gasteiger partial charge in [0.1, 0.15) is 12.1 Å². The first-order valence-electron chi connectivity index (χ1n) is 6.22. The van der Waals surface area contributed by atoms with Crippen LogP contribution in [-0.2, 0) is 0 Å². The third-order valence-electron chi connectivity index (χ3n) is 2.93. The molecule has 4 aromatic heterocycles. The highest BCUT2D eigenvalue weighted by atomic mass is 32.1. The van der Waals surface area contributed by atoms with Gasteiger partial charge in [-0.15, -0.1) is 11.3 Å². The highest BCUT2D eigenvalue weighted by Crippen LogP contribution is 2.25. The second-order valence-corrected chi connectivity index (χ2v) is 5.22. The van der Waals surface area contributed by atoms with Gasteiger partial charge in [0.15, 0.2) is 0 Å². The smallest absolute Gasteiger partial charge is 0.259 e. The first-order chi connectivity index (χ1) is 10.4. The molecule has 0 bridgehead atoms. The minimum atomic E-state index is 0.461. The molecule has 0 spiro atoms. The molecular weight excluding hydrogens is 286 g/mol. The van der Waals surface area contributed by atoms with Gasteiger partial charge in [0.2, 0.25) is 5.82 Å². The summed E-state index contributed by atoms with van der Waals surface area (Å²) in [6.07, 6.45) is 6.95. The van der Waals surface area contributed by atoms with Gasteiger partial charge in [-0.3, -0.25) is 4.57 Å². The maximum Gasteiger partial charge on any atom is 0.259 e. The third-order valence-corrected chi connectivity index (χ3v) is 3.80. The van der Waals surface area contributed by atoms with Crippen molar-refractivity contribution < 1.29 is 4.52 Å². The summed E-state index contributed by atoms with van der Waals surface area (Å²) in [5.74, 6) is 1.84. The molecule has 6 nitrogen and oxygen atoms in total. The number of rotatable bonds is 3. The molecule has 4 heterocycles.